The van der Waals surface area contributed by atoms with Gasteiger partial charge in [0.25, 0.3) is 0 Å². The number of rotatable bonds is 8. The van der Waals surface area contributed by atoms with E-state index in [9.17, 15) is 4.79 Å². The van der Waals surface area contributed by atoms with E-state index in [-0.39, 0.29) is 0 Å². The van der Waals surface area contributed by atoms with Crippen LogP contribution in [0.3, 0.4) is 0 Å². The summed E-state index contributed by atoms with van der Waals surface area (Å²) in [5, 5.41) is 0. The van der Waals surface area contributed by atoms with Crippen molar-refractivity contribution >= 4 is 5.97 Å². The van der Waals surface area contributed by atoms with E-state index < -0.39 is 12.0 Å². The highest BCUT2D eigenvalue weighted by Crippen LogP contribution is 2.25. The largest absolute Gasteiger partial charge is 0.494 e. The zero-order chi connectivity index (χ0) is 15.0. The van der Waals surface area contributed by atoms with Crippen molar-refractivity contribution in [3.63, 3.8) is 0 Å². The van der Waals surface area contributed by atoms with E-state index in [1.165, 1.54) is 0 Å². The number of carbonyl (C=O) groups excluding carboxylic acids is 1. The highest BCUT2D eigenvalue weighted by atomic mass is 16.5. The van der Waals surface area contributed by atoms with E-state index in [0.717, 1.165) is 17.1 Å². The predicted molar refractivity (Wildman–Crippen MR) is 77.1 cm³/mol. The molecule has 112 valence electrons. The second kappa shape index (κ2) is 8.43. The zero-order valence-corrected chi connectivity index (χ0v) is 12.3. The minimum atomic E-state index is -0.703. The first-order chi connectivity index (χ1) is 9.62. The number of carbonyl (C=O) groups is 1. The Labute approximate surface area is 120 Å². The lowest BCUT2D eigenvalue weighted by atomic mass is 10.1. The van der Waals surface area contributed by atoms with Crippen molar-refractivity contribution in [2.24, 2.45) is 5.73 Å². The van der Waals surface area contributed by atoms with Crippen LogP contribution in [0.25, 0.3) is 0 Å². The Morgan fingerprint density at radius 1 is 1.15 bits per heavy atom. The van der Waals surface area contributed by atoms with Crippen LogP contribution in [0, 0.1) is 0 Å². The Kier molecular flexibility index (Phi) is 6.87. The Morgan fingerprint density at radius 3 is 2.45 bits per heavy atom. The normalized spacial score (nSPS) is 11.8. The maximum Gasteiger partial charge on any atom is 0.323 e. The topological polar surface area (TPSA) is 70.8 Å². The molecule has 1 aromatic rings. The lowest BCUT2D eigenvalue weighted by molar-refractivity contribution is -0.144. The molecule has 0 saturated carbocycles. The van der Waals surface area contributed by atoms with Crippen LogP contribution in [0.5, 0.6) is 11.5 Å². The van der Waals surface area contributed by atoms with Crippen LogP contribution >= 0.6 is 0 Å². The van der Waals surface area contributed by atoms with Crippen molar-refractivity contribution in [1.82, 2.24) is 0 Å². The van der Waals surface area contributed by atoms with E-state index in [1.54, 1.807) is 6.92 Å². The van der Waals surface area contributed by atoms with Gasteiger partial charge in [0.1, 0.15) is 17.5 Å². The first-order valence-electron chi connectivity index (χ1n) is 6.93. The van der Waals surface area contributed by atoms with Gasteiger partial charge in [-0.1, -0.05) is 0 Å². The Bertz CT molecular complexity index is 434. The standard InChI is InChI=1S/C15H23NO4/c1-4-18-12-7-8-14(19-5-2)11(9-12)10-13(16)15(17)20-6-3/h7-9,13H,4-6,10,16H2,1-3H3. The van der Waals surface area contributed by atoms with Gasteiger partial charge in [0, 0.05) is 6.42 Å². The molecular weight excluding hydrogens is 258 g/mol. The zero-order valence-electron chi connectivity index (χ0n) is 12.3. The maximum atomic E-state index is 11.6. The van der Waals surface area contributed by atoms with E-state index in [0.29, 0.717) is 26.2 Å². The summed E-state index contributed by atoms with van der Waals surface area (Å²) in [6, 6.07) is 4.83. The summed E-state index contributed by atoms with van der Waals surface area (Å²) in [7, 11) is 0. The number of ether oxygens (including phenoxy) is 3. The number of esters is 1. The minimum absolute atomic E-state index is 0.323. The monoisotopic (exact) mass is 281 g/mol. The molecule has 0 aliphatic heterocycles. The van der Waals surface area contributed by atoms with Crippen molar-refractivity contribution in [3.8, 4) is 11.5 Å². The van der Waals surface area contributed by atoms with Crippen molar-refractivity contribution in [2.45, 2.75) is 33.2 Å². The van der Waals surface area contributed by atoms with Gasteiger partial charge in [0.15, 0.2) is 0 Å². The molecule has 0 radical (unpaired) electrons. The van der Waals surface area contributed by atoms with Gasteiger partial charge in [-0.05, 0) is 44.5 Å². The molecule has 20 heavy (non-hydrogen) atoms. The molecule has 1 unspecified atom stereocenters. The molecule has 0 aromatic heterocycles. The second-order valence-corrected chi connectivity index (χ2v) is 4.20. The average molecular weight is 281 g/mol. The van der Waals surface area contributed by atoms with Crippen LogP contribution in [0.2, 0.25) is 0 Å². The van der Waals surface area contributed by atoms with Crippen LogP contribution in [-0.2, 0) is 16.0 Å². The van der Waals surface area contributed by atoms with Crippen molar-refractivity contribution in [3.05, 3.63) is 23.8 Å². The highest BCUT2D eigenvalue weighted by molar-refractivity contribution is 5.76. The van der Waals surface area contributed by atoms with Gasteiger partial charge in [0.05, 0.1) is 19.8 Å². The third-order valence-corrected chi connectivity index (χ3v) is 2.67. The van der Waals surface area contributed by atoms with Crippen LogP contribution in [0.15, 0.2) is 18.2 Å². The van der Waals surface area contributed by atoms with E-state index in [2.05, 4.69) is 0 Å². The second-order valence-electron chi connectivity index (χ2n) is 4.20. The third-order valence-electron chi connectivity index (χ3n) is 2.67. The molecule has 5 nitrogen and oxygen atoms in total. The highest BCUT2D eigenvalue weighted by Gasteiger charge is 2.18. The first-order valence-corrected chi connectivity index (χ1v) is 6.93. The fourth-order valence-corrected chi connectivity index (χ4v) is 1.84. The van der Waals surface area contributed by atoms with Crippen molar-refractivity contribution in [2.75, 3.05) is 19.8 Å². The van der Waals surface area contributed by atoms with Crippen LogP contribution < -0.4 is 15.2 Å². The van der Waals surface area contributed by atoms with Gasteiger partial charge in [-0.3, -0.25) is 4.79 Å². The van der Waals surface area contributed by atoms with Crippen LogP contribution in [0.4, 0.5) is 0 Å². The van der Waals surface area contributed by atoms with Gasteiger partial charge in [-0.25, -0.2) is 0 Å². The summed E-state index contributed by atoms with van der Waals surface area (Å²) in [5.74, 6) is 1.05. The Balaban J connectivity index is 2.88. The summed E-state index contributed by atoms with van der Waals surface area (Å²) < 4.78 is 15.9. The average Bonchev–Trinajstić information content (AvgIpc) is 2.42. The SMILES string of the molecule is CCOC(=O)C(N)Cc1cc(OCC)ccc1OCC. The Morgan fingerprint density at radius 2 is 1.85 bits per heavy atom. The van der Waals surface area contributed by atoms with Crippen LogP contribution in [0.1, 0.15) is 26.3 Å². The minimum Gasteiger partial charge on any atom is -0.494 e. The lowest BCUT2D eigenvalue weighted by Gasteiger charge is -2.15. The molecule has 0 bridgehead atoms. The van der Waals surface area contributed by atoms with E-state index >= 15 is 0 Å². The number of hydrogen-bond acceptors (Lipinski definition) is 5. The molecule has 0 spiro atoms. The Hall–Kier alpha value is -1.75. The van der Waals surface area contributed by atoms with Crippen molar-refractivity contribution in [1.29, 1.82) is 0 Å². The van der Waals surface area contributed by atoms with Gasteiger partial charge >= 0.3 is 5.97 Å². The summed E-state index contributed by atoms with van der Waals surface area (Å²) in [4.78, 5) is 11.6. The molecule has 5 heteroatoms. The third kappa shape index (κ3) is 4.74. The first kappa shape index (κ1) is 16.3. The van der Waals surface area contributed by atoms with Gasteiger partial charge in [0.2, 0.25) is 0 Å². The molecule has 0 saturated heterocycles. The fourth-order valence-electron chi connectivity index (χ4n) is 1.84. The molecule has 0 fully saturated rings. The van der Waals surface area contributed by atoms with Gasteiger partial charge in [-0.15, -0.1) is 0 Å². The van der Waals surface area contributed by atoms with Crippen LogP contribution in [-0.4, -0.2) is 31.8 Å². The summed E-state index contributed by atoms with van der Waals surface area (Å²) in [6.45, 7) is 7.04. The van der Waals surface area contributed by atoms with E-state index in [4.69, 9.17) is 19.9 Å². The molecular formula is C15H23NO4. The summed E-state index contributed by atoms with van der Waals surface area (Å²) >= 11 is 0. The maximum absolute atomic E-state index is 11.6. The van der Waals surface area contributed by atoms with Gasteiger partial charge in [-0.2, -0.15) is 0 Å². The van der Waals surface area contributed by atoms with E-state index in [1.807, 2.05) is 32.0 Å². The predicted octanol–water partition coefficient (Wildman–Crippen LogP) is 1.92. The molecule has 1 aromatic carbocycles. The molecule has 1 atom stereocenters. The quantitative estimate of drug-likeness (QED) is 0.737. The van der Waals surface area contributed by atoms with Crippen molar-refractivity contribution < 1.29 is 19.0 Å². The number of nitrogens with two attached hydrogens (primary N) is 1. The fraction of sp³-hybridized carbons (Fsp3) is 0.533. The number of benzene rings is 1. The molecule has 0 heterocycles. The molecule has 0 amide bonds. The molecule has 2 N–H and O–H groups in total. The van der Waals surface area contributed by atoms with Gasteiger partial charge < -0.3 is 19.9 Å². The summed E-state index contributed by atoms with van der Waals surface area (Å²) in [6.07, 6.45) is 0.356. The number of hydrogen-bond donors (Lipinski definition) is 1. The lowest BCUT2D eigenvalue weighted by Crippen LogP contribution is -2.34. The molecule has 0 aliphatic carbocycles. The summed E-state index contributed by atoms with van der Waals surface area (Å²) in [5.41, 5.74) is 6.70. The smallest absolute Gasteiger partial charge is 0.323 e. The molecule has 1 rings (SSSR count). The molecule has 0 aliphatic rings.